The van der Waals surface area contributed by atoms with Crippen molar-refractivity contribution >= 4 is 22.4 Å². The van der Waals surface area contributed by atoms with Gasteiger partial charge in [0.2, 0.25) is 0 Å². The molecular weight excluding hydrogens is 386 g/mol. The molecule has 0 atom stereocenters. The predicted octanol–water partition coefficient (Wildman–Crippen LogP) is 3.31. The highest BCUT2D eigenvalue weighted by Gasteiger charge is 2.23. The number of hydrogen-bond donors (Lipinski definition) is 0. The number of aryl methyl sites for hydroxylation is 2. The first-order valence-electron chi connectivity index (χ1n) is 9.72. The summed E-state index contributed by atoms with van der Waals surface area (Å²) in [4.78, 5) is 21.8. The first-order chi connectivity index (χ1) is 14.0. The van der Waals surface area contributed by atoms with Crippen LogP contribution in [0, 0.1) is 13.8 Å². The van der Waals surface area contributed by atoms with Crippen LogP contribution in [0.2, 0.25) is 0 Å². The van der Waals surface area contributed by atoms with Crippen LogP contribution >= 0.6 is 11.3 Å². The molecular formula is C21H25N5O2S. The fourth-order valence-corrected chi connectivity index (χ4v) is 4.37. The third-order valence-corrected chi connectivity index (χ3v) is 6.07. The Kier molecular flexibility index (Phi) is 5.53. The fourth-order valence-electron chi connectivity index (χ4n) is 3.51. The lowest BCUT2D eigenvalue weighted by Gasteiger charge is -2.21. The summed E-state index contributed by atoms with van der Waals surface area (Å²) >= 11 is 1.66. The van der Waals surface area contributed by atoms with Crippen LogP contribution < -0.4 is 9.64 Å². The maximum atomic E-state index is 13.1. The molecule has 0 unspecified atom stereocenters. The topological polar surface area (TPSA) is 63.5 Å². The molecule has 0 N–H and O–H groups in total. The fraction of sp³-hybridized carbons (Fsp3) is 0.381. The SMILES string of the molecule is COc1ccc(C)cc1-n1ccc(C(=O)N2CCCN(c3nc(C)cs3)CC2)n1. The molecule has 0 spiro atoms. The van der Waals surface area contributed by atoms with Gasteiger partial charge in [0.1, 0.15) is 11.4 Å². The summed E-state index contributed by atoms with van der Waals surface area (Å²) in [5, 5.41) is 7.64. The van der Waals surface area contributed by atoms with Gasteiger partial charge < -0.3 is 14.5 Å². The zero-order valence-electron chi connectivity index (χ0n) is 17.0. The van der Waals surface area contributed by atoms with Crippen LogP contribution in [0.15, 0.2) is 35.8 Å². The van der Waals surface area contributed by atoms with Gasteiger partial charge in [-0.1, -0.05) is 6.07 Å². The molecule has 1 aliphatic rings. The van der Waals surface area contributed by atoms with E-state index in [1.807, 2.05) is 43.1 Å². The van der Waals surface area contributed by atoms with E-state index in [1.165, 1.54) is 0 Å². The molecule has 1 amide bonds. The molecule has 152 valence electrons. The van der Waals surface area contributed by atoms with Crippen molar-refractivity contribution in [2.24, 2.45) is 0 Å². The number of carbonyl (C=O) groups is 1. The summed E-state index contributed by atoms with van der Waals surface area (Å²) in [7, 11) is 1.64. The van der Waals surface area contributed by atoms with Crippen LogP contribution in [0.3, 0.4) is 0 Å². The van der Waals surface area contributed by atoms with E-state index in [0.29, 0.717) is 12.2 Å². The quantitative estimate of drug-likeness (QED) is 0.659. The van der Waals surface area contributed by atoms with Crippen molar-refractivity contribution in [2.75, 3.05) is 38.2 Å². The van der Waals surface area contributed by atoms with Crippen LogP contribution in [-0.4, -0.2) is 58.9 Å². The number of aromatic nitrogens is 3. The molecule has 3 aromatic rings. The van der Waals surface area contributed by atoms with E-state index < -0.39 is 0 Å². The number of benzene rings is 1. The number of nitrogens with zero attached hydrogens (tertiary/aromatic N) is 5. The Balaban J connectivity index is 1.49. The highest BCUT2D eigenvalue weighted by atomic mass is 32.1. The van der Waals surface area contributed by atoms with E-state index >= 15 is 0 Å². The molecule has 4 rings (SSSR count). The summed E-state index contributed by atoms with van der Waals surface area (Å²) < 4.78 is 7.16. The van der Waals surface area contributed by atoms with Crippen LogP contribution in [0.1, 0.15) is 28.2 Å². The van der Waals surface area contributed by atoms with Crippen LogP contribution in [0.5, 0.6) is 5.75 Å². The smallest absolute Gasteiger partial charge is 0.274 e. The predicted molar refractivity (Wildman–Crippen MR) is 114 cm³/mol. The summed E-state index contributed by atoms with van der Waals surface area (Å²) in [6.45, 7) is 7.10. The standard InChI is InChI=1S/C21H25N5O2S/c1-15-5-6-19(28-3)18(13-15)26-10-7-17(23-26)20(27)24-8-4-9-25(12-11-24)21-22-16(2)14-29-21/h5-7,10,13-14H,4,8-9,11-12H2,1-3H3. The molecule has 0 bridgehead atoms. The molecule has 8 heteroatoms. The van der Waals surface area contributed by atoms with Crippen LogP contribution in [-0.2, 0) is 0 Å². The van der Waals surface area contributed by atoms with Gasteiger partial charge in [-0.05, 0) is 44.0 Å². The van der Waals surface area contributed by atoms with Gasteiger partial charge in [0.05, 0.1) is 12.8 Å². The Morgan fingerprint density at radius 2 is 2.00 bits per heavy atom. The molecule has 2 aromatic heterocycles. The van der Waals surface area contributed by atoms with Crippen molar-refractivity contribution in [1.29, 1.82) is 0 Å². The molecule has 1 fully saturated rings. The van der Waals surface area contributed by atoms with Crippen LogP contribution in [0.25, 0.3) is 5.69 Å². The van der Waals surface area contributed by atoms with E-state index in [2.05, 4.69) is 20.4 Å². The molecule has 0 saturated carbocycles. The van der Waals surface area contributed by atoms with Gasteiger partial charge in [-0.2, -0.15) is 5.10 Å². The van der Waals surface area contributed by atoms with E-state index in [1.54, 1.807) is 29.2 Å². The number of amides is 1. The molecule has 7 nitrogen and oxygen atoms in total. The van der Waals surface area contributed by atoms with E-state index in [4.69, 9.17) is 4.74 Å². The first kappa shape index (κ1) is 19.4. The minimum absolute atomic E-state index is 0.0347. The summed E-state index contributed by atoms with van der Waals surface area (Å²) in [5.74, 6) is 0.689. The molecule has 3 heterocycles. The average molecular weight is 412 g/mol. The average Bonchev–Trinajstić information content (AvgIpc) is 3.31. The minimum atomic E-state index is -0.0347. The van der Waals surface area contributed by atoms with Crippen molar-refractivity contribution < 1.29 is 9.53 Å². The Hall–Kier alpha value is -2.87. The number of ether oxygens (including phenoxy) is 1. The number of rotatable bonds is 4. The lowest BCUT2D eigenvalue weighted by atomic mass is 10.2. The minimum Gasteiger partial charge on any atom is -0.494 e. The number of anilines is 1. The Morgan fingerprint density at radius 3 is 2.76 bits per heavy atom. The zero-order chi connectivity index (χ0) is 20.4. The van der Waals surface area contributed by atoms with E-state index in [9.17, 15) is 4.79 Å². The normalized spacial score (nSPS) is 14.7. The molecule has 1 saturated heterocycles. The Labute approximate surface area is 174 Å². The second-order valence-corrected chi connectivity index (χ2v) is 8.06. The molecule has 29 heavy (non-hydrogen) atoms. The van der Waals surface area contributed by atoms with E-state index in [-0.39, 0.29) is 5.91 Å². The maximum Gasteiger partial charge on any atom is 0.274 e. The lowest BCUT2D eigenvalue weighted by molar-refractivity contribution is 0.0760. The van der Waals surface area contributed by atoms with Crippen LogP contribution in [0.4, 0.5) is 5.13 Å². The third kappa shape index (κ3) is 4.12. The van der Waals surface area contributed by atoms with Gasteiger partial charge in [-0.25, -0.2) is 9.67 Å². The third-order valence-electron chi connectivity index (χ3n) is 5.05. The number of methoxy groups -OCH3 is 1. The van der Waals surface area contributed by atoms with Crippen molar-refractivity contribution in [3.63, 3.8) is 0 Å². The summed E-state index contributed by atoms with van der Waals surface area (Å²) in [5.41, 5.74) is 3.42. The second kappa shape index (κ2) is 8.24. The number of hydrogen-bond acceptors (Lipinski definition) is 6. The van der Waals surface area contributed by atoms with Crippen molar-refractivity contribution in [3.05, 3.63) is 52.8 Å². The molecule has 1 aromatic carbocycles. The van der Waals surface area contributed by atoms with Gasteiger partial charge in [-0.3, -0.25) is 4.79 Å². The van der Waals surface area contributed by atoms with Gasteiger partial charge in [-0.15, -0.1) is 11.3 Å². The second-order valence-electron chi connectivity index (χ2n) is 7.23. The van der Waals surface area contributed by atoms with Crippen molar-refractivity contribution in [1.82, 2.24) is 19.7 Å². The first-order valence-corrected chi connectivity index (χ1v) is 10.6. The molecule has 0 aliphatic carbocycles. The largest absolute Gasteiger partial charge is 0.494 e. The van der Waals surface area contributed by atoms with Crippen molar-refractivity contribution in [3.8, 4) is 11.4 Å². The molecule has 0 radical (unpaired) electrons. The van der Waals surface area contributed by atoms with Gasteiger partial charge in [0.25, 0.3) is 5.91 Å². The number of thiazole rings is 1. The maximum absolute atomic E-state index is 13.1. The number of carbonyl (C=O) groups excluding carboxylic acids is 1. The van der Waals surface area contributed by atoms with Gasteiger partial charge >= 0.3 is 0 Å². The Bertz CT molecular complexity index is 1010. The summed E-state index contributed by atoms with van der Waals surface area (Å²) in [6, 6.07) is 7.68. The lowest BCUT2D eigenvalue weighted by Crippen LogP contribution is -2.35. The molecule has 1 aliphatic heterocycles. The van der Waals surface area contributed by atoms with Gasteiger partial charge in [0, 0.05) is 37.8 Å². The highest BCUT2D eigenvalue weighted by Crippen LogP contribution is 2.24. The van der Waals surface area contributed by atoms with Crippen molar-refractivity contribution in [2.45, 2.75) is 20.3 Å². The summed E-state index contributed by atoms with van der Waals surface area (Å²) in [6.07, 6.45) is 2.73. The van der Waals surface area contributed by atoms with Gasteiger partial charge in [0.15, 0.2) is 10.8 Å². The highest BCUT2D eigenvalue weighted by molar-refractivity contribution is 7.13. The Morgan fingerprint density at radius 1 is 1.14 bits per heavy atom. The zero-order valence-corrected chi connectivity index (χ0v) is 17.8. The monoisotopic (exact) mass is 411 g/mol. The van der Waals surface area contributed by atoms with E-state index in [0.717, 1.165) is 53.9 Å².